The zero-order valence-electron chi connectivity index (χ0n) is 15.4. The number of hydrogen-bond acceptors (Lipinski definition) is 3. The normalized spacial score (nSPS) is 11.1. The molecule has 1 aromatic heterocycles. The Labute approximate surface area is 158 Å². The van der Waals surface area contributed by atoms with Crippen LogP contribution in [-0.4, -0.2) is 0 Å². The maximum absolute atomic E-state index is 12.3. The van der Waals surface area contributed by atoms with Gasteiger partial charge in [-0.25, -0.2) is 4.79 Å². The first-order valence-electron chi connectivity index (χ1n) is 9.11. The van der Waals surface area contributed by atoms with Gasteiger partial charge in [0.15, 0.2) is 0 Å². The molecule has 0 unspecified atom stereocenters. The average molecular weight is 355 g/mol. The van der Waals surface area contributed by atoms with Crippen LogP contribution in [0.3, 0.4) is 0 Å². The van der Waals surface area contributed by atoms with Gasteiger partial charge in [-0.05, 0) is 48.4 Å². The molecule has 0 aliphatic carbocycles. The van der Waals surface area contributed by atoms with Gasteiger partial charge in [0.05, 0.1) is 0 Å². The number of hydrogen-bond donors (Lipinski definition) is 0. The molecule has 0 saturated heterocycles. The molecule has 0 spiro atoms. The van der Waals surface area contributed by atoms with Crippen LogP contribution in [0.15, 0.2) is 94.1 Å². The van der Waals surface area contributed by atoms with E-state index in [4.69, 9.17) is 4.42 Å². The van der Waals surface area contributed by atoms with Gasteiger partial charge in [0.2, 0.25) is 0 Å². The van der Waals surface area contributed by atoms with Crippen LogP contribution in [0.4, 0.5) is 17.1 Å². The Hall–Kier alpha value is -3.33. The topological polar surface area (TPSA) is 33.5 Å². The van der Waals surface area contributed by atoms with Crippen molar-refractivity contribution in [3.8, 4) is 0 Å². The zero-order valence-corrected chi connectivity index (χ0v) is 15.4. The molecule has 1 heterocycles. The summed E-state index contributed by atoms with van der Waals surface area (Å²) in [6.45, 7) is 4.00. The fraction of sp³-hybridized carbons (Fsp3) is 0.125. The van der Waals surface area contributed by atoms with Crippen molar-refractivity contribution in [2.24, 2.45) is 0 Å². The molecule has 0 saturated carbocycles. The Balaban J connectivity index is 1.89. The summed E-state index contributed by atoms with van der Waals surface area (Å²) in [4.78, 5) is 14.5. The lowest BCUT2D eigenvalue weighted by Gasteiger charge is -2.25. The summed E-state index contributed by atoms with van der Waals surface area (Å²) in [6, 6.07) is 28.3. The minimum atomic E-state index is -0.263. The Morgan fingerprint density at radius 1 is 0.741 bits per heavy atom. The number of nitrogens with zero attached hydrogens (tertiary/aromatic N) is 1. The summed E-state index contributed by atoms with van der Waals surface area (Å²) in [5.41, 5.74) is 4.08. The van der Waals surface area contributed by atoms with Crippen LogP contribution in [0.2, 0.25) is 0 Å². The van der Waals surface area contributed by atoms with Gasteiger partial charge < -0.3 is 9.32 Å². The van der Waals surface area contributed by atoms with E-state index in [9.17, 15) is 4.79 Å². The highest BCUT2D eigenvalue weighted by Crippen LogP contribution is 2.35. The van der Waals surface area contributed by atoms with Gasteiger partial charge in [-0.3, -0.25) is 0 Å². The number of para-hydroxylation sites is 2. The molecule has 0 aliphatic rings. The third-order valence-electron chi connectivity index (χ3n) is 4.66. The number of benzene rings is 3. The molecule has 4 aromatic rings. The predicted octanol–water partition coefficient (Wildman–Crippen LogP) is 6.39. The highest BCUT2D eigenvalue weighted by Gasteiger charge is 2.14. The molecule has 0 N–H and O–H groups in total. The van der Waals surface area contributed by atoms with Gasteiger partial charge in [0.25, 0.3) is 0 Å². The Bertz CT molecular complexity index is 1080. The molecule has 0 fully saturated rings. The highest BCUT2D eigenvalue weighted by molar-refractivity contribution is 5.85. The van der Waals surface area contributed by atoms with Gasteiger partial charge in [-0.15, -0.1) is 0 Å². The third-order valence-corrected chi connectivity index (χ3v) is 4.66. The minimum Gasteiger partial charge on any atom is -0.422 e. The lowest BCUT2D eigenvalue weighted by Crippen LogP contribution is -2.11. The van der Waals surface area contributed by atoms with Gasteiger partial charge in [0, 0.05) is 34.1 Å². The fourth-order valence-corrected chi connectivity index (χ4v) is 3.26. The summed E-state index contributed by atoms with van der Waals surface area (Å²) in [5.74, 6) is 0.135. The van der Waals surface area contributed by atoms with Crippen LogP contribution < -0.4 is 10.5 Å². The molecule has 27 heavy (non-hydrogen) atoms. The van der Waals surface area contributed by atoms with E-state index in [2.05, 4.69) is 35.2 Å². The van der Waals surface area contributed by atoms with Crippen molar-refractivity contribution < 1.29 is 4.42 Å². The molecule has 3 nitrogen and oxygen atoms in total. The van der Waals surface area contributed by atoms with Crippen LogP contribution >= 0.6 is 0 Å². The fourth-order valence-electron chi connectivity index (χ4n) is 3.26. The van der Waals surface area contributed by atoms with E-state index in [1.807, 2.05) is 68.4 Å². The van der Waals surface area contributed by atoms with E-state index in [0.717, 1.165) is 22.4 Å². The van der Waals surface area contributed by atoms with Crippen molar-refractivity contribution in [2.45, 2.75) is 19.8 Å². The summed E-state index contributed by atoms with van der Waals surface area (Å²) in [7, 11) is 0. The maximum atomic E-state index is 12.3. The smallest absolute Gasteiger partial charge is 0.339 e. The SMILES string of the molecule is CC(C)c1cc2ccc(N(c3ccccc3)c3ccccc3)cc2oc1=O. The predicted molar refractivity (Wildman–Crippen MR) is 111 cm³/mol. The second-order valence-electron chi connectivity index (χ2n) is 6.87. The van der Waals surface area contributed by atoms with Crippen molar-refractivity contribution in [1.82, 2.24) is 0 Å². The Morgan fingerprint density at radius 2 is 1.33 bits per heavy atom. The van der Waals surface area contributed by atoms with E-state index >= 15 is 0 Å². The van der Waals surface area contributed by atoms with Crippen LogP contribution in [0, 0.1) is 0 Å². The maximum Gasteiger partial charge on any atom is 0.339 e. The summed E-state index contributed by atoms with van der Waals surface area (Å²) < 4.78 is 5.63. The molecule has 0 bridgehead atoms. The number of anilines is 3. The number of fused-ring (bicyclic) bond motifs is 1. The summed E-state index contributed by atoms with van der Waals surface area (Å²) in [5, 5.41) is 0.933. The Kier molecular flexibility index (Phi) is 4.51. The van der Waals surface area contributed by atoms with Crippen molar-refractivity contribution in [1.29, 1.82) is 0 Å². The molecule has 4 rings (SSSR count). The monoisotopic (exact) mass is 355 g/mol. The van der Waals surface area contributed by atoms with Crippen LogP contribution in [0.1, 0.15) is 25.3 Å². The van der Waals surface area contributed by atoms with Gasteiger partial charge in [-0.2, -0.15) is 0 Å². The molecule has 3 aromatic carbocycles. The largest absolute Gasteiger partial charge is 0.422 e. The van der Waals surface area contributed by atoms with E-state index in [-0.39, 0.29) is 11.5 Å². The van der Waals surface area contributed by atoms with Gasteiger partial charge in [0.1, 0.15) is 5.58 Å². The quantitative estimate of drug-likeness (QED) is 0.398. The summed E-state index contributed by atoms with van der Waals surface area (Å²) in [6.07, 6.45) is 0. The van der Waals surface area contributed by atoms with E-state index in [1.54, 1.807) is 0 Å². The molecule has 0 amide bonds. The van der Waals surface area contributed by atoms with Crippen molar-refractivity contribution in [2.75, 3.05) is 4.90 Å². The highest BCUT2D eigenvalue weighted by atomic mass is 16.4. The van der Waals surface area contributed by atoms with Crippen molar-refractivity contribution >= 4 is 28.0 Å². The zero-order chi connectivity index (χ0) is 18.8. The first kappa shape index (κ1) is 17.1. The molecular weight excluding hydrogens is 334 g/mol. The second kappa shape index (κ2) is 7.12. The molecule has 0 radical (unpaired) electrons. The minimum absolute atomic E-state index is 0.135. The van der Waals surface area contributed by atoms with Crippen molar-refractivity contribution in [3.63, 3.8) is 0 Å². The van der Waals surface area contributed by atoms with E-state index < -0.39 is 0 Å². The lowest BCUT2D eigenvalue weighted by molar-refractivity contribution is 0.544. The van der Waals surface area contributed by atoms with Crippen LogP contribution in [0.5, 0.6) is 0 Å². The van der Waals surface area contributed by atoms with Crippen LogP contribution in [-0.2, 0) is 0 Å². The first-order chi connectivity index (χ1) is 13.1. The molecular formula is C24H21NO2. The number of rotatable bonds is 4. The molecule has 3 heteroatoms. The lowest BCUT2D eigenvalue weighted by atomic mass is 10.0. The molecule has 0 aliphatic heterocycles. The third kappa shape index (κ3) is 3.36. The Morgan fingerprint density at radius 3 is 1.89 bits per heavy atom. The second-order valence-corrected chi connectivity index (χ2v) is 6.87. The van der Waals surface area contributed by atoms with Crippen LogP contribution in [0.25, 0.3) is 11.0 Å². The van der Waals surface area contributed by atoms with Gasteiger partial charge in [-0.1, -0.05) is 50.2 Å². The van der Waals surface area contributed by atoms with Crippen molar-refractivity contribution in [3.05, 3.63) is 101 Å². The van der Waals surface area contributed by atoms with Gasteiger partial charge >= 0.3 is 5.63 Å². The van der Waals surface area contributed by atoms with E-state index in [1.165, 1.54) is 0 Å². The molecule has 134 valence electrons. The first-order valence-corrected chi connectivity index (χ1v) is 9.11. The standard InChI is InChI=1S/C24H21NO2/c1-17(2)22-15-18-13-14-21(16-23(18)27-24(22)26)25(19-9-5-3-6-10-19)20-11-7-4-8-12-20/h3-17H,1-2H3. The van der Waals surface area contributed by atoms with E-state index in [0.29, 0.717) is 11.1 Å². The molecule has 0 atom stereocenters. The average Bonchev–Trinajstić information content (AvgIpc) is 2.69. The summed E-state index contributed by atoms with van der Waals surface area (Å²) >= 11 is 0.